The second-order valence-electron chi connectivity index (χ2n) is 7.84. The van der Waals surface area contributed by atoms with E-state index >= 15 is 0 Å². The summed E-state index contributed by atoms with van der Waals surface area (Å²) in [4.78, 5) is 8.17. The first kappa shape index (κ1) is 19.2. The minimum Gasteiger partial charge on any atom is -0.492 e. The molecule has 0 aliphatic carbocycles. The molecule has 0 radical (unpaired) electrons. The van der Waals surface area contributed by atoms with Crippen molar-refractivity contribution in [3.05, 3.63) is 94.3 Å². The molecule has 1 aliphatic rings. The van der Waals surface area contributed by atoms with Gasteiger partial charge < -0.3 is 9.52 Å². The van der Waals surface area contributed by atoms with Gasteiger partial charge in [-0.1, -0.05) is 47.7 Å². The van der Waals surface area contributed by atoms with Crippen molar-refractivity contribution in [3.63, 3.8) is 0 Å². The number of aromatic hydroxyl groups is 1. The van der Waals surface area contributed by atoms with Gasteiger partial charge in [-0.2, -0.15) is 9.50 Å². The Kier molecular flexibility index (Phi) is 4.55. The molecule has 1 atom stereocenters. The first-order valence-corrected chi connectivity index (χ1v) is 11.2. The molecule has 1 aliphatic heterocycles. The molecule has 32 heavy (non-hydrogen) atoms. The second-order valence-corrected chi connectivity index (χ2v) is 8.85. The van der Waals surface area contributed by atoms with Crippen molar-refractivity contribution >= 4 is 16.3 Å². The number of hydrogen-bond donors (Lipinski definition) is 1. The standard InChI is InChI=1S/C24H19FN4O2S/c25-18-9-7-16(8-10-18)20(28-12-11-15-4-1-2-5-17(15)14-28)21-23(30)29-24(32-21)26-22(27-29)19-6-3-13-31-19/h1-10,13,20,30H,11-12,14H2/t20-/m0/s1. The third-order valence-corrected chi connectivity index (χ3v) is 6.97. The Hall–Kier alpha value is -3.49. The summed E-state index contributed by atoms with van der Waals surface area (Å²) in [5, 5.41) is 15.6. The van der Waals surface area contributed by atoms with Crippen LogP contribution in [0.5, 0.6) is 5.88 Å². The first-order valence-electron chi connectivity index (χ1n) is 10.4. The molecule has 5 aromatic rings. The maximum Gasteiger partial charge on any atom is 0.230 e. The second kappa shape index (κ2) is 7.58. The number of thiazole rings is 1. The molecule has 6 nitrogen and oxygen atoms in total. The van der Waals surface area contributed by atoms with Crippen molar-refractivity contribution in [2.24, 2.45) is 0 Å². The van der Waals surface area contributed by atoms with E-state index in [1.807, 2.05) is 6.07 Å². The number of furan rings is 1. The SMILES string of the molecule is Oc1c([C@H](c2ccc(F)cc2)N2CCc3ccccc3C2)sc2nc(-c3ccco3)nn12. The fourth-order valence-electron chi connectivity index (χ4n) is 4.35. The molecule has 8 heteroatoms. The van der Waals surface area contributed by atoms with E-state index in [2.05, 4.69) is 33.2 Å². The highest BCUT2D eigenvalue weighted by Crippen LogP contribution is 2.42. The van der Waals surface area contributed by atoms with Crippen LogP contribution in [0.2, 0.25) is 0 Å². The third-order valence-electron chi connectivity index (χ3n) is 5.90. The Morgan fingerprint density at radius 3 is 2.59 bits per heavy atom. The van der Waals surface area contributed by atoms with Crippen LogP contribution in [0.25, 0.3) is 16.5 Å². The number of rotatable bonds is 4. The predicted octanol–water partition coefficient (Wildman–Crippen LogP) is 5.04. The van der Waals surface area contributed by atoms with Gasteiger partial charge in [-0.15, -0.1) is 5.10 Å². The quantitative estimate of drug-likeness (QED) is 0.419. The van der Waals surface area contributed by atoms with Crippen molar-refractivity contribution in [2.45, 2.75) is 19.0 Å². The zero-order valence-corrected chi connectivity index (χ0v) is 17.8. The molecule has 0 bridgehead atoms. The van der Waals surface area contributed by atoms with Gasteiger partial charge in [0, 0.05) is 13.1 Å². The van der Waals surface area contributed by atoms with Gasteiger partial charge in [0.25, 0.3) is 0 Å². The molecule has 2 aromatic carbocycles. The highest BCUT2D eigenvalue weighted by Gasteiger charge is 2.32. The van der Waals surface area contributed by atoms with Crippen LogP contribution < -0.4 is 0 Å². The minimum atomic E-state index is -0.286. The van der Waals surface area contributed by atoms with Crippen LogP contribution in [-0.4, -0.2) is 31.1 Å². The van der Waals surface area contributed by atoms with E-state index in [-0.39, 0.29) is 17.7 Å². The number of benzene rings is 2. The average molecular weight is 447 g/mol. The van der Waals surface area contributed by atoms with E-state index in [0.717, 1.165) is 30.0 Å². The Bertz CT molecular complexity index is 1390. The summed E-state index contributed by atoms with van der Waals surface area (Å²) >= 11 is 1.39. The monoisotopic (exact) mass is 446 g/mol. The van der Waals surface area contributed by atoms with Crippen LogP contribution in [0.15, 0.2) is 71.3 Å². The average Bonchev–Trinajstić information content (AvgIpc) is 3.54. The summed E-state index contributed by atoms with van der Waals surface area (Å²) in [6, 6.07) is 18.2. The fourth-order valence-corrected chi connectivity index (χ4v) is 5.47. The number of fused-ring (bicyclic) bond motifs is 2. The van der Waals surface area contributed by atoms with Gasteiger partial charge in [0.1, 0.15) is 5.82 Å². The third kappa shape index (κ3) is 3.19. The Labute approximate surface area is 187 Å². The minimum absolute atomic E-state index is 0.0449. The highest BCUT2D eigenvalue weighted by molar-refractivity contribution is 7.17. The molecule has 3 aromatic heterocycles. The van der Waals surface area contributed by atoms with Crippen molar-refractivity contribution in [1.82, 2.24) is 19.5 Å². The number of halogens is 1. The smallest absolute Gasteiger partial charge is 0.230 e. The van der Waals surface area contributed by atoms with Gasteiger partial charge >= 0.3 is 0 Å². The summed E-state index contributed by atoms with van der Waals surface area (Å²) in [6.45, 7) is 1.56. The lowest BCUT2D eigenvalue weighted by Crippen LogP contribution is -2.34. The molecule has 0 saturated carbocycles. The summed E-state index contributed by atoms with van der Waals surface area (Å²) in [5.74, 6) is 0.729. The molecule has 1 N–H and O–H groups in total. The lowest BCUT2D eigenvalue weighted by atomic mass is 9.96. The molecular formula is C24H19FN4O2S. The van der Waals surface area contributed by atoms with Crippen molar-refractivity contribution in [3.8, 4) is 17.5 Å². The van der Waals surface area contributed by atoms with Gasteiger partial charge in [0.2, 0.25) is 16.7 Å². The van der Waals surface area contributed by atoms with Gasteiger partial charge in [0.15, 0.2) is 5.76 Å². The number of hydrogen-bond acceptors (Lipinski definition) is 6. The van der Waals surface area contributed by atoms with Gasteiger partial charge in [-0.25, -0.2) is 4.39 Å². The van der Waals surface area contributed by atoms with E-state index in [1.54, 1.807) is 30.5 Å². The van der Waals surface area contributed by atoms with Crippen LogP contribution in [0.4, 0.5) is 4.39 Å². The van der Waals surface area contributed by atoms with E-state index < -0.39 is 0 Å². The van der Waals surface area contributed by atoms with Crippen molar-refractivity contribution < 1.29 is 13.9 Å². The van der Waals surface area contributed by atoms with Crippen LogP contribution in [0.1, 0.15) is 27.6 Å². The van der Waals surface area contributed by atoms with Crippen LogP contribution in [-0.2, 0) is 13.0 Å². The Morgan fingerprint density at radius 1 is 1.03 bits per heavy atom. The first-order chi connectivity index (χ1) is 15.7. The molecule has 0 amide bonds. The normalized spacial score (nSPS) is 15.2. The summed E-state index contributed by atoms with van der Waals surface area (Å²) in [5.41, 5.74) is 3.53. The van der Waals surface area contributed by atoms with E-state index in [0.29, 0.717) is 16.5 Å². The topological polar surface area (TPSA) is 66.8 Å². The van der Waals surface area contributed by atoms with Crippen LogP contribution in [0.3, 0.4) is 0 Å². The summed E-state index contributed by atoms with van der Waals surface area (Å²) < 4.78 is 20.5. The van der Waals surface area contributed by atoms with Gasteiger partial charge in [0.05, 0.1) is 17.2 Å². The Morgan fingerprint density at radius 2 is 1.84 bits per heavy atom. The summed E-state index contributed by atoms with van der Waals surface area (Å²) in [6.07, 6.45) is 2.48. The lowest BCUT2D eigenvalue weighted by molar-refractivity contribution is 0.205. The van der Waals surface area contributed by atoms with E-state index in [9.17, 15) is 9.50 Å². The number of nitrogens with zero attached hydrogens (tertiary/aromatic N) is 4. The number of aromatic nitrogens is 3. The largest absolute Gasteiger partial charge is 0.492 e. The van der Waals surface area contributed by atoms with Gasteiger partial charge in [-0.05, 0) is 47.4 Å². The van der Waals surface area contributed by atoms with Crippen LogP contribution >= 0.6 is 11.3 Å². The molecule has 0 spiro atoms. The summed E-state index contributed by atoms with van der Waals surface area (Å²) in [7, 11) is 0. The molecule has 160 valence electrons. The van der Waals surface area contributed by atoms with E-state index in [1.165, 1.54) is 39.1 Å². The van der Waals surface area contributed by atoms with Crippen molar-refractivity contribution in [2.75, 3.05) is 6.54 Å². The molecule has 6 rings (SSSR count). The maximum atomic E-state index is 13.7. The lowest BCUT2D eigenvalue weighted by Gasteiger charge is -2.35. The Balaban J connectivity index is 1.44. The highest BCUT2D eigenvalue weighted by atomic mass is 32.1. The molecular weight excluding hydrogens is 427 g/mol. The zero-order valence-electron chi connectivity index (χ0n) is 17.0. The van der Waals surface area contributed by atoms with Crippen LogP contribution in [0, 0.1) is 5.82 Å². The van der Waals surface area contributed by atoms with Gasteiger partial charge in [-0.3, -0.25) is 4.90 Å². The fraction of sp³-hybridized carbons (Fsp3) is 0.167. The van der Waals surface area contributed by atoms with Crippen molar-refractivity contribution in [1.29, 1.82) is 0 Å². The molecule has 4 heterocycles. The molecule has 0 saturated heterocycles. The van der Waals surface area contributed by atoms with E-state index in [4.69, 9.17) is 4.42 Å². The predicted molar refractivity (Wildman–Crippen MR) is 119 cm³/mol. The zero-order chi connectivity index (χ0) is 21.7. The maximum absolute atomic E-state index is 13.7. The molecule has 0 unspecified atom stereocenters. The molecule has 0 fully saturated rings.